The number of carbonyl (C=O) groups excluding carboxylic acids is 2. The Morgan fingerprint density at radius 1 is 1.00 bits per heavy atom. The Kier molecular flexibility index (Phi) is 4.32. The van der Waals surface area contributed by atoms with E-state index < -0.39 is 11.7 Å². The van der Waals surface area contributed by atoms with Gasteiger partial charge in [-0.1, -0.05) is 31.0 Å². The second kappa shape index (κ2) is 6.78. The summed E-state index contributed by atoms with van der Waals surface area (Å²) in [5.74, 6) is 0.255. The standard InChI is InChI=1S/C18H21N5O3/c24-16(20-10-6-1-2-7-11-20)13-22-18(26)23-15(19-22)12-21(17(23)25)14-8-4-3-5-9-14/h3-5,8-9H,1-2,6-7,10-13H2. The molecule has 4 rings (SSSR count). The SMILES string of the molecule is O=C(Cn1nc2n(c1=O)C(=O)N(c1ccccc1)C2)N1CCCCCC1. The molecule has 0 aliphatic carbocycles. The maximum Gasteiger partial charge on any atom is 0.354 e. The average molecular weight is 355 g/mol. The molecule has 3 heterocycles. The number of benzene rings is 1. The van der Waals surface area contributed by atoms with E-state index >= 15 is 0 Å². The molecule has 1 saturated heterocycles. The summed E-state index contributed by atoms with van der Waals surface area (Å²) in [7, 11) is 0. The molecule has 0 unspecified atom stereocenters. The van der Waals surface area contributed by atoms with Gasteiger partial charge in [0.25, 0.3) is 0 Å². The maximum absolute atomic E-state index is 12.6. The average Bonchev–Trinajstić information content (AvgIpc) is 2.98. The number of aromatic nitrogens is 3. The second-order valence-electron chi connectivity index (χ2n) is 6.69. The van der Waals surface area contributed by atoms with Crippen LogP contribution >= 0.6 is 0 Å². The summed E-state index contributed by atoms with van der Waals surface area (Å²) >= 11 is 0. The molecule has 0 N–H and O–H groups in total. The largest absolute Gasteiger partial charge is 0.354 e. The van der Waals surface area contributed by atoms with Gasteiger partial charge in [-0.3, -0.25) is 9.69 Å². The summed E-state index contributed by atoms with van der Waals surface area (Å²) < 4.78 is 2.17. The minimum atomic E-state index is -0.549. The number of carbonyl (C=O) groups is 2. The number of hydrogen-bond donors (Lipinski definition) is 0. The van der Waals surface area contributed by atoms with Crippen LogP contribution in [0.5, 0.6) is 0 Å². The van der Waals surface area contributed by atoms with Crippen LogP contribution in [0.25, 0.3) is 0 Å². The van der Waals surface area contributed by atoms with Crippen LogP contribution in [0.3, 0.4) is 0 Å². The molecule has 0 radical (unpaired) electrons. The lowest BCUT2D eigenvalue weighted by Gasteiger charge is -2.20. The summed E-state index contributed by atoms with van der Waals surface area (Å²) in [6.45, 7) is 1.56. The molecule has 0 bridgehead atoms. The van der Waals surface area contributed by atoms with Crippen LogP contribution in [0.15, 0.2) is 35.1 Å². The normalized spacial score (nSPS) is 17.3. The minimum Gasteiger partial charge on any atom is -0.341 e. The van der Waals surface area contributed by atoms with E-state index in [-0.39, 0.29) is 19.0 Å². The van der Waals surface area contributed by atoms with Crippen molar-refractivity contribution in [3.63, 3.8) is 0 Å². The molecule has 136 valence electrons. The van der Waals surface area contributed by atoms with E-state index in [4.69, 9.17) is 0 Å². The molecule has 8 heteroatoms. The van der Waals surface area contributed by atoms with Gasteiger partial charge in [-0.25, -0.2) is 14.3 Å². The molecule has 2 amide bonds. The van der Waals surface area contributed by atoms with Crippen molar-refractivity contribution in [2.24, 2.45) is 0 Å². The van der Waals surface area contributed by atoms with Gasteiger partial charge in [-0.15, -0.1) is 0 Å². The van der Waals surface area contributed by atoms with E-state index in [1.54, 1.807) is 4.90 Å². The first-order valence-electron chi connectivity index (χ1n) is 8.98. The number of hydrogen-bond acceptors (Lipinski definition) is 4. The molecule has 0 saturated carbocycles. The highest BCUT2D eigenvalue weighted by Crippen LogP contribution is 2.21. The van der Waals surface area contributed by atoms with Gasteiger partial charge >= 0.3 is 11.7 Å². The van der Waals surface area contributed by atoms with Crippen LogP contribution < -0.4 is 10.6 Å². The Bertz CT molecular complexity index is 878. The van der Waals surface area contributed by atoms with Crippen molar-refractivity contribution < 1.29 is 9.59 Å². The first-order valence-corrected chi connectivity index (χ1v) is 8.98. The van der Waals surface area contributed by atoms with Crippen LogP contribution in [-0.4, -0.2) is 44.3 Å². The van der Waals surface area contributed by atoms with Crippen molar-refractivity contribution in [2.45, 2.75) is 38.8 Å². The monoisotopic (exact) mass is 355 g/mol. The van der Waals surface area contributed by atoms with Gasteiger partial charge in [-0.2, -0.15) is 9.67 Å². The molecule has 0 atom stereocenters. The Morgan fingerprint density at radius 2 is 1.69 bits per heavy atom. The van der Waals surface area contributed by atoms with Gasteiger partial charge in [0.2, 0.25) is 5.91 Å². The zero-order valence-corrected chi connectivity index (χ0v) is 14.5. The predicted octanol–water partition coefficient (Wildman–Crippen LogP) is 1.44. The maximum atomic E-state index is 12.6. The third kappa shape index (κ3) is 2.91. The fraction of sp³-hybridized carbons (Fsp3) is 0.444. The smallest absolute Gasteiger partial charge is 0.341 e. The third-order valence-electron chi connectivity index (χ3n) is 4.94. The molecular formula is C18H21N5O3. The first kappa shape index (κ1) is 16.6. The van der Waals surface area contributed by atoms with Gasteiger partial charge in [0.1, 0.15) is 6.54 Å². The second-order valence-corrected chi connectivity index (χ2v) is 6.69. The summed E-state index contributed by atoms with van der Waals surface area (Å²) in [4.78, 5) is 41.0. The summed E-state index contributed by atoms with van der Waals surface area (Å²) in [6.07, 6.45) is 4.24. The molecule has 2 aliphatic rings. The van der Waals surface area contributed by atoms with Crippen LogP contribution in [0.1, 0.15) is 31.5 Å². The molecule has 2 aromatic rings. The van der Waals surface area contributed by atoms with Crippen LogP contribution in [0.4, 0.5) is 10.5 Å². The summed E-state index contributed by atoms with van der Waals surface area (Å²) in [5.41, 5.74) is 0.168. The van der Waals surface area contributed by atoms with Gasteiger partial charge in [0, 0.05) is 18.8 Å². The van der Waals surface area contributed by atoms with E-state index in [2.05, 4.69) is 5.10 Å². The lowest BCUT2D eigenvalue weighted by molar-refractivity contribution is -0.132. The molecule has 0 spiro atoms. The van der Waals surface area contributed by atoms with Crippen LogP contribution in [-0.2, 0) is 17.9 Å². The number of amides is 2. The highest BCUT2D eigenvalue weighted by molar-refractivity contribution is 5.96. The lowest BCUT2D eigenvalue weighted by atomic mass is 10.2. The Morgan fingerprint density at radius 3 is 2.35 bits per heavy atom. The summed E-state index contributed by atoms with van der Waals surface area (Å²) in [6, 6.07) is 8.73. The molecule has 26 heavy (non-hydrogen) atoms. The van der Waals surface area contributed by atoms with Gasteiger partial charge in [0.15, 0.2) is 5.82 Å². The molecule has 2 aliphatic heterocycles. The van der Waals surface area contributed by atoms with Crippen molar-refractivity contribution in [1.29, 1.82) is 0 Å². The van der Waals surface area contributed by atoms with Crippen LogP contribution in [0.2, 0.25) is 0 Å². The number of anilines is 1. The van der Waals surface area contributed by atoms with E-state index in [1.165, 1.54) is 4.90 Å². The van der Waals surface area contributed by atoms with Gasteiger partial charge in [0.05, 0.1) is 6.54 Å². The third-order valence-corrected chi connectivity index (χ3v) is 4.94. The fourth-order valence-electron chi connectivity index (χ4n) is 3.54. The molecule has 8 nitrogen and oxygen atoms in total. The van der Waals surface area contributed by atoms with Crippen molar-refractivity contribution >= 4 is 17.6 Å². The lowest BCUT2D eigenvalue weighted by Crippen LogP contribution is -2.39. The number of rotatable bonds is 3. The zero-order chi connectivity index (χ0) is 18.1. The minimum absolute atomic E-state index is 0.113. The molecule has 1 fully saturated rings. The van der Waals surface area contributed by atoms with E-state index in [9.17, 15) is 14.4 Å². The first-order chi connectivity index (χ1) is 12.6. The van der Waals surface area contributed by atoms with Crippen molar-refractivity contribution in [3.8, 4) is 0 Å². The highest BCUT2D eigenvalue weighted by atomic mass is 16.2. The Hall–Kier alpha value is -2.90. The van der Waals surface area contributed by atoms with Crippen molar-refractivity contribution in [1.82, 2.24) is 19.2 Å². The van der Waals surface area contributed by atoms with Crippen LogP contribution in [0, 0.1) is 0 Å². The molecule has 1 aromatic heterocycles. The number of fused-ring (bicyclic) bond motifs is 1. The van der Waals surface area contributed by atoms with Crippen molar-refractivity contribution in [2.75, 3.05) is 18.0 Å². The fourth-order valence-corrected chi connectivity index (χ4v) is 3.54. The van der Waals surface area contributed by atoms with Crippen molar-refractivity contribution in [3.05, 3.63) is 46.6 Å². The number of likely N-dealkylation sites (tertiary alicyclic amines) is 1. The molecular weight excluding hydrogens is 334 g/mol. The quantitative estimate of drug-likeness (QED) is 0.834. The van der Waals surface area contributed by atoms with Gasteiger partial charge in [-0.05, 0) is 25.0 Å². The highest BCUT2D eigenvalue weighted by Gasteiger charge is 2.33. The van der Waals surface area contributed by atoms with E-state index in [0.29, 0.717) is 5.82 Å². The zero-order valence-electron chi connectivity index (χ0n) is 14.5. The Labute approximate surface area is 150 Å². The van der Waals surface area contributed by atoms with E-state index in [0.717, 1.165) is 53.7 Å². The van der Waals surface area contributed by atoms with E-state index in [1.807, 2.05) is 30.3 Å². The predicted molar refractivity (Wildman–Crippen MR) is 95.0 cm³/mol. The topological polar surface area (TPSA) is 80.4 Å². The Balaban J connectivity index is 1.52. The number of nitrogens with zero attached hydrogens (tertiary/aromatic N) is 5. The summed E-state index contributed by atoms with van der Waals surface area (Å²) in [5, 5.41) is 4.23. The number of para-hydroxylation sites is 1. The van der Waals surface area contributed by atoms with Gasteiger partial charge < -0.3 is 4.90 Å². The molecule has 1 aromatic carbocycles.